The Labute approximate surface area is 125 Å². The normalized spacial score (nSPS) is 11.6. The smallest absolute Gasteiger partial charge is 0.316 e. The van der Waals surface area contributed by atoms with E-state index < -0.39 is 11.9 Å². The molecule has 1 atom stereocenters. The molecule has 0 aliphatic rings. The zero-order valence-electron chi connectivity index (χ0n) is 13.0. The van der Waals surface area contributed by atoms with Gasteiger partial charge in [-0.15, -0.1) is 0 Å². The Morgan fingerprint density at radius 3 is 2.29 bits per heavy atom. The van der Waals surface area contributed by atoms with Crippen molar-refractivity contribution in [3.05, 3.63) is 23.8 Å². The quantitative estimate of drug-likeness (QED) is 0.419. The number of benzene rings is 1. The highest BCUT2D eigenvalue weighted by molar-refractivity contribution is 6.08. The van der Waals surface area contributed by atoms with Gasteiger partial charge in [0, 0.05) is 5.56 Å². The molecule has 0 saturated heterocycles. The summed E-state index contributed by atoms with van der Waals surface area (Å²) in [5.41, 5.74) is 0.416. The fraction of sp³-hybridized carbons (Fsp3) is 0.500. The van der Waals surface area contributed by atoms with E-state index in [0.717, 1.165) is 12.8 Å². The number of esters is 1. The molecule has 0 aliphatic heterocycles. The molecule has 0 bridgehead atoms. The van der Waals surface area contributed by atoms with Crippen molar-refractivity contribution >= 4 is 11.8 Å². The summed E-state index contributed by atoms with van der Waals surface area (Å²) in [7, 11) is 4.32. The van der Waals surface area contributed by atoms with Crippen LogP contribution in [0.25, 0.3) is 0 Å². The van der Waals surface area contributed by atoms with Gasteiger partial charge < -0.3 is 14.2 Å². The third-order valence-electron chi connectivity index (χ3n) is 3.32. The first-order valence-corrected chi connectivity index (χ1v) is 6.93. The molecule has 1 rings (SSSR count). The van der Waals surface area contributed by atoms with Crippen molar-refractivity contribution in [3.63, 3.8) is 0 Å². The van der Waals surface area contributed by atoms with E-state index in [4.69, 9.17) is 14.2 Å². The van der Waals surface area contributed by atoms with E-state index in [1.165, 1.54) is 21.3 Å². The van der Waals surface area contributed by atoms with E-state index in [1.54, 1.807) is 18.2 Å². The van der Waals surface area contributed by atoms with Crippen LogP contribution in [0.4, 0.5) is 0 Å². The van der Waals surface area contributed by atoms with Gasteiger partial charge in [0.2, 0.25) is 0 Å². The molecular formula is C16H22O5. The molecule has 0 aliphatic carbocycles. The number of rotatable bonds is 8. The van der Waals surface area contributed by atoms with Crippen LogP contribution in [0.3, 0.4) is 0 Å². The number of Topliss-reactive ketones (excluding diaryl/α,β-unsaturated/α-hetero) is 1. The molecule has 0 radical (unpaired) electrons. The van der Waals surface area contributed by atoms with Crippen molar-refractivity contribution in [2.24, 2.45) is 5.92 Å². The molecule has 0 fully saturated rings. The maximum Gasteiger partial charge on any atom is 0.316 e. The highest BCUT2D eigenvalue weighted by Gasteiger charge is 2.28. The van der Waals surface area contributed by atoms with Crippen molar-refractivity contribution < 1.29 is 23.8 Å². The monoisotopic (exact) mass is 294 g/mol. The Morgan fingerprint density at radius 2 is 1.76 bits per heavy atom. The molecule has 0 N–H and O–H groups in total. The summed E-state index contributed by atoms with van der Waals surface area (Å²) >= 11 is 0. The van der Waals surface area contributed by atoms with Crippen LogP contribution in [0.5, 0.6) is 11.5 Å². The number of unbranched alkanes of at least 4 members (excludes halogenated alkanes) is 1. The minimum Gasteiger partial charge on any atom is -0.493 e. The predicted molar refractivity (Wildman–Crippen MR) is 78.9 cm³/mol. The van der Waals surface area contributed by atoms with Gasteiger partial charge in [0.25, 0.3) is 0 Å². The molecule has 0 saturated carbocycles. The molecular weight excluding hydrogens is 272 g/mol. The fourth-order valence-corrected chi connectivity index (χ4v) is 2.10. The summed E-state index contributed by atoms with van der Waals surface area (Å²) in [6, 6.07) is 4.87. The number of hydrogen-bond donors (Lipinski definition) is 0. The molecule has 0 heterocycles. The molecule has 116 valence electrons. The first-order chi connectivity index (χ1) is 10.1. The minimum atomic E-state index is -0.770. The third-order valence-corrected chi connectivity index (χ3v) is 3.32. The van der Waals surface area contributed by atoms with E-state index in [-0.39, 0.29) is 5.78 Å². The van der Waals surface area contributed by atoms with Crippen LogP contribution < -0.4 is 9.47 Å². The Bertz CT molecular complexity index is 495. The van der Waals surface area contributed by atoms with Crippen molar-refractivity contribution in [1.29, 1.82) is 0 Å². The van der Waals surface area contributed by atoms with Crippen LogP contribution >= 0.6 is 0 Å². The lowest BCUT2D eigenvalue weighted by molar-refractivity contribution is -0.143. The van der Waals surface area contributed by atoms with Crippen LogP contribution in [0.2, 0.25) is 0 Å². The van der Waals surface area contributed by atoms with Gasteiger partial charge in [0.1, 0.15) is 5.92 Å². The van der Waals surface area contributed by atoms with Gasteiger partial charge in [-0.05, 0) is 24.6 Å². The second-order valence-electron chi connectivity index (χ2n) is 4.65. The van der Waals surface area contributed by atoms with Crippen molar-refractivity contribution in [3.8, 4) is 11.5 Å². The van der Waals surface area contributed by atoms with Crippen LogP contribution in [0.1, 0.15) is 36.5 Å². The summed E-state index contributed by atoms with van der Waals surface area (Å²) in [6.07, 6.45) is 2.18. The minimum absolute atomic E-state index is 0.253. The molecule has 5 nitrogen and oxygen atoms in total. The lowest BCUT2D eigenvalue weighted by Crippen LogP contribution is -2.25. The fourth-order valence-electron chi connectivity index (χ4n) is 2.10. The van der Waals surface area contributed by atoms with Gasteiger partial charge >= 0.3 is 5.97 Å². The average molecular weight is 294 g/mol. The second-order valence-corrected chi connectivity index (χ2v) is 4.65. The highest BCUT2D eigenvalue weighted by Crippen LogP contribution is 2.29. The van der Waals surface area contributed by atoms with Gasteiger partial charge in [0.05, 0.1) is 21.3 Å². The summed E-state index contributed by atoms with van der Waals surface area (Å²) in [6.45, 7) is 2.01. The van der Waals surface area contributed by atoms with E-state index in [9.17, 15) is 9.59 Å². The molecule has 21 heavy (non-hydrogen) atoms. The molecule has 5 heteroatoms. The number of carbonyl (C=O) groups excluding carboxylic acids is 2. The zero-order valence-corrected chi connectivity index (χ0v) is 13.0. The van der Waals surface area contributed by atoms with Gasteiger partial charge in [-0.25, -0.2) is 0 Å². The van der Waals surface area contributed by atoms with Crippen molar-refractivity contribution in [2.45, 2.75) is 26.2 Å². The van der Waals surface area contributed by atoms with E-state index in [2.05, 4.69) is 0 Å². The molecule has 1 aromatic rings. The number of ether oxygens (including phenoxy) is 3. The Hall–Kier alpha value is -2.04. The second kappa shape index (κ2) is 8.29. The lowest BCUT2D eigenvalue weighted by Gasteiger charge is -2.14. The topological polar surface area (TPSA) is 61.8 Å². The van der Waals surface area contributed by atoms with Gasteiger partial charge in [-0.2, -0.15) is 0 Å². The number of ketones is 1. The summed E-state index contributed by atoms with van der Waals surface area (Å²) in [5, 5.41) is 0. The Kier molecular flexibility index (Phi) is 6.72. The summed E-state index contributed by atoms with van der Waals surface area (Å²) in [4.78, 5) is 24.3. The van der Waals surface area contributed by atoms with Gasteiger partial charge in [0.15, 0.2) is 17.3 Å². The molecule has 0 amide bonds. The number of methoxy groups -OCH3 is 3. The number of carbonyl (C=O) groups is 2. The average Bonchev–Trinajstić information content (AvgIpc) is 2.53. The standard InChI is InChI=1S/C16H22O5/c1-5-6-7-12(16(18)21-4)15(17)11-8-9-13(19-2)14(10-11)20-3/h8-10,12H,5-7H2,1-4H3. The molecule has 0 aromatic heterocycles. The highest BCUT2D eigenvalue weighted by atomic mass is 16.5. The van der Waals surface area contributed by atoms with Crippen molar-refractivity contribution in [2.75, 3.05) is 21.3 Å². The lowest BCUT2D eigenvalue weighted by atomic mass is 9.92. The maximum absolute atomic E-state index is 12.5. The first-order valence-electron chi connectivity index (χ1n) is 6.93. The SMILES string of the molecule is CCCCC(C(=O)OC)C(=O)c1ccc(OC)c(OC)c1. The maximum atomic E-state index is 12.5. The zero-order chi connectivity index (χ0) is 15.8. The van der Waals surface area contributed by atoms with E-state index in [1.807, 2.05) is 6.92 Å². The predicted octanol–water partition coefficient (Wildman–Crippen LogP) is 2.87. The van der Waals surface area contributed by atoms with Crippen LogP contribution in [0, 0.1) is 5.92 Å². The Balaban J connectivity index is 3.05. The molecule has 1 unspecified atom stereocenters. The summed E-state index contributed by atoms with van der Waals surface area (Å²) in [5.74, 6) is -0.521. The van der Waals surface area contributed by atoms with Crippen LogP contribution in [-0.4, -0.2) is 33.1 Å². The Morgan fingerprint density at radius 1 is 1.10 bits per heavy atom. The third kappa shape index (κ3) is 4.21. The van der Waals surface area contributed by atoms with Crippen LogP contribution in [0.15, 0.2) is 18.2 Å². The first kappa shape index (κ1) is 17.0. The van der Waals surface area contributed by atoms with E-state index in [0.29, 0.717) is 23.5 Å². The molecule has 1 aromatic carbocycles. The van der Waals surface area contributed by atoms with Crippen molar-refractivity contribution in [1.82, 2.24) is 0 Å². The molecule has 0 spiro atoms. The van der Waals surface area contributed by atoms with Crippen LogP contribution in [-0.2, 0) is 9.53 Å². The van der Waals surface area contributed by atoms with Gasteiger partial charge in [-0.3, -0.25) is 9.59 Å². The van der Waals surface area contributed by atoms with Gasteiger partial charge in [-0.1, -0.05) is 19.8 Å². The summed E-state index contributed by atoms with van der Waals surface area (Å²) < 4.78 is 15.1. The number of hydrogen-bond acceptors (Lipinski definition) is 5. The van der Waals surface area contributed by atoms with E-state index >= 15 is 0 Å². The largest absolute Gasteiger partial charge is 0.493 e.